The number of aromatic nitrogens is 2. The number of amides is 1. The quantitative estimate of drug-likeness (QED) is 0.742. The summed E-state index contributed by atoms with van der Waals surface area (Å²) >= 11 is 1.89. The molecule has 4 aliphatic carbocycles. The van der Waals surface area contributed by atoms with E-state index >= 15 is 0 Å². The molecule has 0 saturated heterocycles. The molecule has 0 spiro atoms. The SMILES string of the molecule is Cc1ccc(-n2nc3c(c2NC(=O)C24CC5CC(CC(C5)C2)C4)CSC3)cc1C. The molecule has 0 radical (unpaired) electrons. The molecule has 5 aliphatic rings. The molecule has 4 saturated carbocycles. The lowest BCUT2D eigenvalue weighted by Gasteiger charge is -2.55. The lowest BCUT2D eigenvalue weighted by atomic mass is 9.49. The highest BCUT2D eigenvalue weighted by molar-refractivity contribution is 7.98. The van der Waals surface area contributed by atoms with Crippen LogP contribution in [0.1, 0.15) is 60.9 Å². The van der Waals surface area contributed by atoms with E-state index in [1.54, 1.807) is 0 Å². The second-order valence-corrected chi connectivity index (χ2v) is 11.1. The van der Waals surface area contributed by atoms with E-state index in [-0.39, 0.29) is 11.3 Å². The summed E-state index contributed by atoms with van der Waals surface area (Å²) in [4.78, 5) is 13.7. The monoisotopic (exact) mass is 407 g/mol. The number of fused-ring (bicyclic) bond motifs is 1. The number of thioether (sulfide) groups is 1. The van der Waals surface area contributed by atoms with Crippen molar-refractivity contribution in [3.05, 3.63) is 40.6 Å². The molecule has 0 unspecified atom stereocenters. The molecule has 0 atom stereocenters. The highest BCUT2D eigenvalue weighted by Crippen LogP contribution is 2.60. The lowest BCUT2D eigenvalue weighted by Crippen LogP contribution is -2.52. The minimum atomic E-state index is -0.133. The molecule has 1 aromatic carbocycles. The van der Waals surface area contributed by atoms with Gasteiger partial charge in [0.2, 0.25) is 5.91 Å². The predicted octanol–water partition coefficient (Wildman–Crippen LogP) is 5.39. The van der Waals surface area contributed by atoms with Gasteiger partial charge >= 0.3 is 0 Å². The summed E-state index contributed by atoms with van der Waals surface area (Å²) in [5.41, 5.74) is 5.81. The van der Waals surface area contributed by atoms with E-state index in [1.165, 1.54) is 36.0 Å². The number of nitrogens with one attached hydrogen (secondary N) is 1. The van der Waals surface area contributed by atoms with Gasteiger partial charge in [-0.05, 0) is 93.4 Å². The maximum absolute atomic E-state index is 13.7. The third-order valence-electron chi connectivity index (χ3n) is 8.04. The molecule has 2 aromatic rings. The van der Waals surface area contributed by atoms with Crippen molar-refractivity contribution in [1.29, 1.82) is 0 Å². The number of nitrogens with zero attached hydrogens (tertiary/aromatic N) is 2. The number of hydrogen-bond donors (Lipinski definition) is 1. The zero-order valence-electron chi connectivity index (χ0n) is 17.3. The normalized spacial score (nSPS) is 31.9. The average molecular weight is 408 g/mol. The van der Waals surface area contributed by atoms with E-state index in [9.17, 15) is 4.79 Å². The van der Waals surface area contributed by atoms with Crippen LogP contribution in [0.15, 0.2) is 18.2 Å². The Balaban J connectivity index is 1.37. The summed E-state index contributed by atoms with van der Waals surface area (Å²) in [5, 5.41) is 8.34. The van der Waals surface area contributed by atoms with Crippen LogP contribution in [0, 0.1) is 37.0 Å². The van der Waals surface area contributed by atoms with Crippen molar-refractivity contribution in [3.63, 3.8) is 0 Å². The first kappa shape index (κ1) is 18.1. The Kier molecular flexibility index (Phi) is 3.97. The molecule has 2 heterocycles. The standard InChI is InChI=1S/C24H29N3OS/c1-14-3-4-19(5-15(14)2)27-22(20-12-29-13-21(20)26-27)25-23(28)24-9-16-6-17(10-24)8-18(7-16)11-24/h3-5,16-18H,6-13H2,1-2H3,(H,25,28). The van der Waals surface area contributed by atoms with Crippen LogP contribution >= 0.6 is 11.8 Å². The topological polar surface area (TPSA) is 46.9 Å². The van der Waals surface area contributed by atoms with Crippen molar-refractivity contribution in [2.75, 3.05) is 5.32 Å². The van der Waals surface area contributed by atoms with Crippen LogP contribution in [0.4, 0.5) is 5.82 Å². The average Bonchev–Trinajstić information content (AvgIpc) is 3.25. The number of carbonyl (C=O) groups excluding carboxylic acids is 1. The Morgan fingerprint density at radius 3 is 2.41 bits per heavy atom. The van der Waals surface area contributed by atoms with Crippen LogP contribution in [0.3, 0.4) is 0 Å². The summed E-state index contributed by atoms with van der Waals surface area (Å²) in [6.45, 7) is 4.27. The second kappa shape index (κ2) is 6.37. The summed E-state index contributed by atoms with van der Waals surface area (Å²) in [5.74, 6) is 5.40. The first-order chi connectivity index (χ1) is 14.0. The summed E-state index contributed by atoms with van der Waals surface area (Å²) < 4.78 is 2.00. The van der Waals surface area contributed by atoms with E-state index in [2.05, 4.69) is 37.4 Å². The van der Waals surface area contributed by atoms with Crippen LogP contribution in [0.2, 0.25) is 0 Å². The molecule has 4 nitrogen and oxygen atoms in total. The smallest absolute Gasteiger partial charge is 0.231 e. The van der Waals surface area contributed by atoms with Crippen molar-refractivity contribution < 1.29 is 4.79 Å². The van der Waals surface area contributed by atoms with Crippen molar-refractivity contribution in [2.24, 2.45) is 23.2 Å². The summed E-state index contributed by atoms with van der Waals surface area (Å²) in [6.07, 6.45) is 7.37. The van der Waals surface area contributed by atoms with Gasteiger partial charge in [-0.2, -0.15) is 16.9 Å². The number of benzene rings is 1. The molecule has 1 N–H and O–H groups in total. The Morgan fingerprint density at radius 1 is 1.07 bits per heavy atom. The molecule has 4 fully saturated rings. The predicted molar refractivity (Wildman–Crippen MR) is 117 cm³/mol. The van der Waals surface area contributed by atoms with Gasteiger partial charge in [0.1, 0.15) is 5.82 Å². The maximum atomic E-state index is 13.7. The number of anilines is 1. The number of aryl methyl sites for hydroxylation is 2. The number of carbonyl (C=O) groups is 1. The van der Waals surface area contributed by atoms with Crippen LogP contribution in [-0.4, -0.2) is 15.7 Å². The van der Waals surface area contributed by atoms with Gasteiger partial charge in [0.05, 0.1) is 16.8 Å². The van der Waals surface area contributed by atoms with E-state index in [4.69, 9.17) is 5.10 Å². The zero-order chi connectivity index (χ0) is 19.8. The first-order valence-electron chi connectivity index (χ1n) is 11.1. The Bertz CT molecular complexity index is 973. The van der Waals surface area contributed by atoms with Crippen molar-refractivity contribution in [3.8, 4) is 5.69 Å². The summed E-state index contributed by atoms with van der Waals surface area (Å²) in [7, 11) is 0. The first-order valence-corrected chi connectivity index (χ1v) is 12.2. The molecule has 29 heavy (non-hydrogen) atoms. The molecule has 7 rings (SSSR count). The Hall–Kier alpha value is -1.75. The van der Waals surface area contributed by atoms with Crippen molar-refractivity contribution in [2.45, 2.75) is 63.9 Å². The van der Waals surface area contributed by atoms with E-state index < -0.39 is 0 Å². The highest BCUT2D eigenvalue weighted by atomic mass is 32.2. The van der Waals surface area contributed by atoms with Crippen LogP contribution in [-0.2, 0) is 16.3 Å². The number of hydrogen-bond acceptors (Lipinski definition) is 3. The van der Waals surface area contributed by atoms with Gasteiger partial charge in [-0.3, -0.25) is 4.79 Å². The maximum Gasteiger partial charge on any atom is 0.231 e. The minimum absolute atomic E-state index is 0.133. The number of rotatable bonds is 3. The van der Waals surface area contributed by atoms with Crippen molar-refractivity contribution in [1.82, 2.24) is 9.78 Å². The fourth-order valence-electron chi connectivity index (χ4n) is 6.81. The van der Waals surface area contributed by atoms with Crippen LogP contribution in [0.25, 0.3) is 5.69 Å². The Morgan fingerprint density at radius 2 is 1.76 bits per heavy atom. The summed E-state index contributed by atoms with van der Waals surface area (Å²) in [6, 6.07) is 6.46. The molecular weight excluding hydrogens is 378 g/mol. The van der Waals surface area contributed by atoms with E-state index in [0.717, 1.165) is 65.7 Å². The van der Waals surface area contributed by atoms with Gasteiger partial charge < -0.3 is 5.32 Å². The molecule has 1 aromatic heterocycles. The zero-order valence-corrected chi connectivity index (χ0v) is 18.1. The van der Waals surface area contributed by atoms with Gasteiger partial charge in [0.15, 0.2) is 0 Å². The molecular formula is C24H29N3OS. The fourth-order valence-corrected chi connectivity index (χ4v) is 7.85. The fraction of sp³-hybridized carbons (Fsp3) is 0.583. The van der Waals surface area contributed by atoms with E-state index in [0.29, 0.717) is 0 Å². The van der Waals surface area contributed by atoms with Crippen molar-refractivity contribution >= 4 is 23.5 Å². The Labute approximate surface area is 176 Å². The third kappa shape index (κ3) is 2.80. The largest absolute Gasteiger partial charge is 0.310 e. The molecule has 5 heteroatoms. The molecule has 152 valence electrons. The highest BCUT2D eigenvalue weighted by Gasteiger charge is 2.54. The van der Waals surface area contributed by atoms with Gasteiger partial charge in [-0.1, -0.05) is 6.07 Å². The van der Waals surface area contributed by atoms with Gasteiger partial charge in [0, 0.05) is 17.1 Å². The molecule has 4 bridgehead atoms. The second-order valence-electron chi connectivity index (χ2n) is 10.1. The molecule has 1 aliphatic heterocycles. The third-order valence-corrected chi connectivity index (χ3v) is 9.01. The minimum Gasteiger partial charge on any atom is -0.310 e. The van der Waals surface area contributed by atoms with Gasteiger partial charge in [-0.15, -0.1) is 0 Å². The van der Waals surface area contributed by atoms with Crippen LogP contribution < -0.4 is 5.32 Å². The van der Waals surface area contributed by atoms with Crippen LogP contribution in [0.5, 0.6) is 0 Å². The van der Waals surface area contributed by atoms with Gasteiger partial charge in [0.25, 0.3) is 0 Å². The van der Waals surface area contributed by atoms with Gasteiger partial charge in [-0.25, -0.2) is 4.68 Å². The molecule has 1 amide bonds. The van der Waals surface area contributed by atoms with E-state index in [1.807, 2.05) is 16.4 Å². The lowest BCUT2D eigenvalue weighted by molar-refractivity contribution is -0.140.